The normalized spacial score (nSPS) is 12.7. The van der Waals surface area contributed by atoms with Crippen molar-refractivity contribution in [1.82, 2.24) is 0 Å². The van der Waals surface area contributed by atoms with Crippen LogP contribution in [0.25, 0.3) is 0 Å². The van der Waals surface area contributed by atoms with Crippen LogP contribution in [0, 0.1) is 0 Å². The predicted octanol–water partition coefficient (Wildman–Crippen LogP) is 5.05. The minimum atomic E-state index is -3.88. The Kier molecular flexibility index (Phi) is 8.17. The number of rotatable bonds is 9. The lowest BCUT2D eigenvalue weighted by molar-refractivity contribution is 0.249. The summed E-state index contributed by atoms with van der Waals surface area (Å²) >= 11 is 0. The molecule has 0 aliphatic heterocycles. The predicted molar refractivity (Wildman–Crippen MR) is 115 cm³/mol. The van der Waals surface area contributed by atoms with Crippen LogP contribution < -0.4 is 9.80 Å². The Morgan fingerprint density at radius 1 is 0.741 bits per heavy atom. The second-order valence-corrected chi connectivity index (χ2v) is 9.98. The largest absolute Gasteiger partial charge is 0.367 e. The van der Waals surface area contributed by atoms with Crippen LogP contribution in [0.2, 0.25) is 0 Å². The third kappa shape index (κ3) is 5.85. The van der Waals surface area contributed by atoms with Gasteiger partial charge in [-0.25, -0.2) is 0 Å². The van der Waals surface area contributed by atoms with Gasteiger partial charge in [0.15, 0.2) is 0 Å². The molecule has 0 bridgehead atoms. The van der Waals surface area contributed by atoms with Crippen LogP contribution in [0.1, 0.15) is 69.2 Å². The van der Waals surface area contributed by atoms with Gasteiger partial charge in [0.1, 0.15) is 4.90 Å². The van der Waals surface area contributed by atoms with Crippen molar-refractivity contribution in [3.05, 3.63) is 18.2 Å². The van der Waals surface area contributed by atoms with Crippen molar-refractivity contribution >= 4 is 21.5 Å². The fourth-order valence-corrected chi connectivity index (χ4v) is 5.03. The quantitative estimate of drug-likeness (QED) is 0.545. The monoisotopic (exact) mass is 398 g/mol. The first-order chi connectivity index (χ1) is 12.3. The molecule has 156 valence electrons. The molecule has 0 fully saturated rings. The van der Waals surface area contributed by atoms with Crippen LogP contribution in [-0.2, 0) is 14.3 Å². The third-order valence-electron chi connectivity index (χ3n) is 4.33. The molecule has 0 aromatic heterocycles. The molecule has 0 spiro atoms. The second-order valence-electron chi connectivity index (χ2n) is 8.44. The molecule has 0 heterocycles. The van der Waals surface area contributed by atoms with Gasteiger partial charge in [-0.05, 0) is 87.4 Å². The summed E-state index contributed by atoms with van der Waals surface area (Å²) < 4.78 is 31.5. The Labute approximate surface area is 166 Å². The van der Waals surface area contributed by atoms with Gasteiger partial charge in [-0.2, -0.15) is 8.42 Å². The first-order valence-corrected chi connectivity index (χ1v) is 11.3. The summed E-state index contributed by atoms with van der Waals surface area (Å²) in [6.07, 6.45) is -0.413. The van der Waals surface area contributed by atoms with Gasteiger partial charge in [0.05, 0.1) is 11.8 Å². The van der Waals surface area contributed by atoms with Crippen LogP contribution in [0.3, 0.4) is 0 Å². The maximum atomic E-state index is 13.1. The Hall–Kier alpha value is -1.27. The molecule has 0 N–H and O–H groups in total. The molecule has 5 nitrogen and oxygen atoms in total. The molecule has 0 atom stereocenters. The van der Waals surface area contributed by atoms with Crippen LogP contribution in [0.4, 0.5) is 11.4 Å². The Bertz CT molecular complexity index is 694. The van der Waals surface area contributed by atoms with Crippen LogP contribution in [0.15, 0.2) is 23.1 Å². The zero-order valence-corrected chi connectivity index (χ0v) is 19.5. The van der Waals surface area contributed by atoms with Gasteiger partial charge in [0, 0.05) is 29.9 Å². The maximum Gasteiger partial charge on any atom is 0.299 e. The highest BCUT2D eigenvalue weighted by Gasteiger charge is 2.28. The molecule has 1 rings (SSSR count). The van der Waals surface area contributed by atoms with Crippen LogP contribution in [0.5, 0.6) is 0 Å². The van der Waals surface area contributed by atoms with E-state index in [2.05, 4.69) is 65.2 Å². The summed E-state index contributed by atoms with van der Waals surface area (Å²) in [5.74, 6) is 0. The van der Waals surface area contributed by atoms with Crippen molar-refractivity contribution in [3.63, 3.8) is 0 Å². The number of nitrogens with zero attached hydrogens (tertiary/aromatic N) is 2. The van der Waals surface area contributed by atoms with Gasteiger partial charge in [-0.1, -0.05) is 0 Å². The molecule has 1 aromatic rings. The molecule has 0 amide bonds. The smallest absolute Gasteiger partial charge is 0.299 e. The van der Waals surface area contributed by atoms with E-state index in [1.165, 1.54) is 0 Å². The SMILES string of the molecule is CC(C)OS(=O)(=O)c1cc(N(C(C)C)C(C)C)ccc1N(C(C)C)C(C)C. The topological polar surface area (TPSA) is 49.9 Å². The van der Waals surface area contributed by atoms with E-state index < -0.39 is 16.2 Å². The summed E-state index contributed by atoms with van der Waals surface area (Å²) in [7, 11) is -3.88. The molecule has 0 radical (unpaired) electrons. The first kappa shape index (κ1) is 23.8. The van der Waals surface area contributed by atoms with Crippen molar-refractivity contribution in [3.8, 4) is 0 Å². The average Bonchev–Trinajstić information content (AvgIpc) is 2.45. The van der Waals surface area contributed by atoms with Crippen LogP contribution >= 0.6 is 0 Å². The van der Waals surface area contributed by atoms with Gasteiger partial charge in [0.2, 0.25) is 0 Å². The number of hydrogen-bond acceptors (Lipinski definition) is 5. The van der Waals surface area contributed by atoms with Crippen molar-refractivity contribution in [1.29, 1.82) is 0 Å². The van der Waals surface area contributed by atoms with E-state index in [0.29, 0.717) is 5.69 Å². The van der Waals surface area contributed by atoms with Crippen molar-refractivity contribution < 1.29 is 12.6 Å². The number of benzene rings is 1. The lowest BCUT2D eigenvalue weighted by Gasteiger charge is -2.37. The van der Waals surface area contributed by atoms with E-state index in [9.17, 15) is 8.42 Å². The lowest BCUT2D eigenvalue weighted by Crippen LogP contribution is -2.39. The van der Waals surface area contributed by atoms with E-state index in [-0.39, 0.29) is 29.1 Å². The molecule has 0 aliphatic carbocycles. The fraction of sp³-hybridized carbons (Fsp3) is 0.714. The zero-order chi connectivity index (χ0) is 21.1. The summed E-state index contributed by atoms with van der Waals surface area (Å²) in [6.45, 7) is 20.2. The summed E-state index contributed by atoms with van der Waals surface area (Å²) in [6, 6.07) is 6.54. The highest BCUT2D eigenvalue weighted by molar-refractivity contribution is 7.87. The van der Waals surface area contributed by atoms with Crippen LogP contribution in [-0.4, -0.2) is 38.7 Å². The maximum absolute atomic E-state index is 13.1. The molecule has 0 saturated heterocycles. The molecule has 6 heteroatoms. The van der Waals surface area contributed by atoms with E-state index >= 15 is 0 Å². The lowest BCUT2D eigenvalue weighted by atomic mass is 10.1. The zero-order valence-electron chi connectivity index (χ0n) is 18.6. The fourth-order valence-electron chi connectivity index (χ4n) is 3.73. The number of hydrogen-bond donors (Lipinski definition) is 0. The molecule has 0 saturated carbocycles. The summed E-state index contributed by atoms with van der Waals surface area (Å²) in [5, 5.41) is 0. The summed E-state index contributed by atoms with van der Waals surface area (Å²) in [5.41, 5.74) is 1.58. The Morgan fingerprint density at radius 3 is 1.56 bits per heavy atom. The van der Waals surface area contributed by atoms with Gasteiger partial charge < -0.3 is 9.80 Å². The average molecular weight is 399 g/mol. The van der Waals surface area contributed by atoms with Gasteiger partial charge in [0.25, 0.3) is 10.1 Å². The van der Waals surface area contributed by atoms with E-state index in [0.717, 1.165) is 5.69 Å². The number of anilines is 2. The van der Waals surface area contributed by atoms with Crippen molar-refractivity contribution in [2.45, 2.75) is 104 Å². The second kappa shape index (κ2) is 9.28. The van der Waals surface area contributed by atoms with E-state index in [1.807, 2.05) is 12.1 Å². The molecule has 0 aliphatic rings. The van der Waals surface area contributed by atoms with Gasteiger partial charge in [-0.3, -0.25) is 4.18 Å². The molecule has 0 unspecified atom stereocenters. The van der Waals surface area contributed by atoms with Crippen molar-refractivity contribution in [2.75, 3.05) is 9.80 Å². The van der Waals surface area contributed by atoms with Gasteiger partial charge >= 0.3 is 0 Å². The van der Waals surface area contributed by atoms with Gasteiger partial charge in [-0.15, -0.1) is 0 Å². The minimum absolute atomic E-state index is 0.162. The first-order valence-electron chi connectivity index (χ1n) is 9.93. The highest BCUT2D eigenvalue weighted by atomic mass is 32.2. The molecule has 27 heavy (non-hydrogen) atoms. The van der Waals surface area contributed by atoms with E-state index in [1.54, 1.807) is 19.9 Å². The molecular formula is C21H38N2O3S. The standard InChI is InChI=1S/C21H38N2O3S/c1-14(2)22(15(3)4)19-11-12-20(23(16(5)6)17(7)8)21(13-19)27(24,25)26-18(9)10/h11-18H,1-10H3. The molecule has 1 aromatic carbocycles. The van der Waals surface area contributed by atoms with Crippen molar-refractivity contribution in [2.24, 2.45) is 0 Å². The third-order valence-corrected chi connectivity index (χ3v) is 5.84. The summed E-state index contributed by atoms with van der Waals surface area (Å²) in [4.78, 5) is 4.57. The Morgan fingerprint density at radius 2 is 1.19 bits per heavy atom. The van der Waals surface area contributed by atoms with E-state index in [4.69, 9.17) is 4.18 Å². The molecular weight excluding hydrogens is 360 g/mol. The highest BCUT2D eigenvalue weighted by Crippen LogP contribution is 2.35. The minimum Gasteiger partial charge on any atom is -0.367 e. The Balaban J connectivity index is 3.71.